The molecule has 1 saturated heterocycles. The SMILES string of the molecule is CNC(=O)C1CC2(CCNCC2)c2ccccc21. The molecule has 3 heteroatoms. The molecule has 1 aliphatic heterocycles. The molecule has 1 atom stereocenters. The lowest BCUT2D eigenvalue weighted by molar-refractivity contribution is -0.122. The zero-order valence-corrected chi connectivity index (χ0v) is 10.8. The Kier molecular flexibility index (Phi) is 2.86. The van der Waals surface area contributed by atoms with E-state index in [4.69, 9.17) is 0 Å². The molecule has 1 aliphatic carbocycles. The number of amides is 1. The van der Waals surface area contributed by atoms with Crippen molar-refractivity contribution in [1.29, 1.82) is 0 Å². The predicted octanol–water partition coefficient (Wildman–Crippen LogP) is 1.54. The molecule has 0 aromatic heterocycles. The first-order valence-corrected chi connectivity index (χ1v) is 6.78. The van der Waals surface area contributed by atoms with Crippen LogP contribution in [0.25, 0.3) is 0 Å². The first-order valence-electron chi connectivity index (χ1n) is 6.78. The Morgan fingerprint density at radius 2 is 2.06 bits per heavy atom. The standard InChI is InChI=1S/C15H20N2O/c1-16-14(18)12-10-15(6-8-17-9-7-15)13-5-3-2-4-11(12)13/h2-5,12,17H,6-10H2,1H3,(H,16,18). The van der Waals surface area contributed by atoms with E-state index < -0.39 is 0 Å². The molecule has 1 unspecified atom stereocenters. The van der Waals surface area contributed by atoms with Gasteiger partial charge in [-0.2, -0.15) is 0 Å². The van der Waals surface area contributed by atoms with Crippen LogP contribution in [0.15, 0.2) is 24.3 Å². The summed E-state index contributed by atoms with van der Waals surface area (Å²) in [6, 6.07) is 8.51. The quantitative estimate of drug-likeness (QED) is 0.787. The number of carbonyl (C=O) groups excluding carboxylic acids is 1. The van der Waals surface area contributed by atoms with Gasteiger partial charge in [-0.25, -0.2) is 0 Å². The molecule has 96 valence electrons. The summed E-state index contributed by atoms with van der Waals surface area (Å²) in [7, 11) is 1.73. The summed E-state index contributed by atoms with van der Waals surface area (Å²) >= 11 is 0. The van der Waals surface area contributed by atoms with Crippen molar-refractivity contribution in [2.45, 2.75) is 30.6 Å². The third-order valence-corrected chi connectivity index (χ3v) is 4.63. The van der Waals surface area contributed by atoms with Crippen molar-refractivity contribution in [3.8, 4) is 0 Å². The maximum absolute atomic E-state index is 12.1. The van der Waals surface area contributed by atoms with Crippen LogP contribution in [0.1, 0.15) is 36.3 Å². The van der Waals surface area contributed by atoms with Gasteiger partial charge in [0.05, 0.1) is 5.92 Å². The van der Waals surface area contributed by atoms with E-state index >= 15 is 0 Å². The molecule has 3 rings (SSSR count). The average Bonchev–Trinajstić information content (AvgIpc) is 2.74. The van der Waals surface area contributed by atoms with Crippen molar-refractivity contribution in [3.63, 3.8) is 0 Å². The zero-order valence-electron chi connectivity index (χ0n) is 10.8. The second-order valence-corrected chi connectivity index (χ2v) is 5.49. The molecule has 0 saturated carbocycles. The van der Waals surface area contributed by atoms with Crippen molar-refractivity contribution in [2.75, 3.05) is 20.1 Å². The van der Waals surface area contributed by atoms with Gasteiger partial charge in [0.2, 0.25) is 5.91 Å². The Hall–Kier alpha value is -1.35. The number of fused-ring (bicyclic) bond motifs is 2. The van der Waals surface area contributed by atoms with Crippen molar-refractivity contribution >= 4 is 5.91 Å². The number of likely N-dealkylation sites (N-methyl/N-ethyl adjacent to an activating group) is 1. The first-order chi connectivity index (χ1) is 8.77. The second-order valence-electron chi connectivity index (χ2n) is 5.49. The number of piperidine rings is 1. The van der Waals surface area contributed by atoms with Gasteiger partial charge in [-0.3, -0.25) is 4.79 Å². The molecule has 1 spiro atoms. The molecular formula is C15H20N2O. The average molecular weight is 244 g/mol. The Labute approximate surface area is 108 Å². The van der Waals surface area contributed by atoms with Gasteiger partial charge in [0.25, 0.3) is 0 Å². The van der Waals surface area contributed by atoms with Crippen LogP contribution >= 0.6 is 0 Å². The number of benzene rings is 1. The number of hydrogen-bond donors (Lipinski definition) is 2. The third-order valence-electron chi connectivity index (χ3n) is 4.63. The highest BCUT2D eigenvalue weighted by Gasteiger charge is 2.45. The summed E-state index contributed by atoms with van der Waals surface area (Å²) < 4.78 is 0. The minimum atomic E-state index is 0.0456. The highest BCUT2D eigenvalue weighted by atomic mass is 16.1. The van der Waals surface area contributed by atoms with Gasteiger partial charge >= 0.3 is 0 Å². The lowest BCUT2D eigenvalue weighted by Gasteiger charge is -2.35. The summed E-state index contributed by atoms with van der Waals surface area (Å²) in [5.41, 5.74) is 2.90. The molecule has 1 aromatic carbocycles. The zero-order chi connectivity index (χ0) is 12.6. The van der Waals surface area contributed by atoms with Crippen molar-refractivity contribution in [1.82, 2.24) is 10.6 Å². The van der Waals surface area contributed by atoms with Crippen LogP contribution in [-0.2, 0) is 10.2 Å². The topological polar surface area (TPSA) is 41.1 Å². The van der Waals surface area contributed by atoms with Crippen LogP contribution < -0.4 is 10.6 Å². The van der Waals surface area contributed by atoms with E-state index in [0.717, 1.165) is 32.4 Å². The molecule has 18 heavy (non-hydrogen) atoms. The second kappa shape index (κ2) is 4.39. The molecule has 3 nitrogen and oxygen atoms in total. The van der Waals surface area contributed by atoms with Gasteiger partial charge < -0.3 is 10.6 Å². The minimum absolute atomic E-state index is 0.0456. The molecule has 1 amide bonds. The first kappa shape index (κ1) is 11.7. The van der Waals surface area contributed by atoms with E-state index in [9.17, 15) is 4.79 Å². The maximum Gasteiger partial charge on any atom is 0.227 e. The largest absolute Gasteiger partial charge is 0.359 e. The summed E-state index contributed by atoms with van der Waals surface area (Å²) in [6.45, 7) is 2.13. The van der Waals surface area contributed by atoms with E-state index in [0.29, 0.717) is 0 Å². The lowest BCUT2D eigenvalue weighted by atomic mass is 9.74. The van der Waals surface area contributed by atoms with Crippen molar-refractivity contribution < 1.29 is 4.79 Å². The number of rotatable bonds is 1. The van der Waals surface area contributed by atoms with E-state index in [1.165, 1.54) is 11.1 Å². The van der Waals surface area contributed by atoms with Gasteiger partial charge in [-0.15, -0.1) is 0 Å². The van der Waals surface area contributed by atoms with E-state index in [1.807, 2.05) is 0 Å². The molecular weight excluding hydrogens is 224 g/mol. The number of hydrogen-bond acceptors (Lipinski definition) is 2. The summed E-state index contributed by atoms with van der Waals surface area (Å²) in [5, 5.41) is 6.24. The Bertz CT molecular complexity index is 463. The summed E-state index contributed by atoms with van der Waals surface area (Å²) in [6.07, 6.45) is 3.28. The summed E-state index contributed by atoms with van der Waals surface area (Å²) in [4.78, 5) is 12.1. The van der Waals surface area contributed by atoms with Crippen molar-refractivity contribution in [2.24, 2.45) is 0 Å². The van der Waals surface area contributed by atoms with E-state index in [-0.39, 0.29) is 17.2 Å². The molecule has 0 bridgehead atoms. The molecule has 2 N–H and O–H groups in total. The summed E-state index contributed by atoms with van der Waals surface area (Å²) in [5.74, 6) is 0.210. The maximum atomic E-state index is 12.1. The van der Waals surface area contributed by atoms with Crippen LogP contribution in [0.2, 0.25) is 0 Å². The van der Waals surface area contributed by atoms with Gasteiger partial charge in [0.1, 0.15) is 0 Å². The van der Waals surface area contributed by atoms with Crippen LogP contribution in [0.5, 0.6) is 0 Å². The van der Waals surface area contributed by atoms with Gasteiger partial charge in [0.15, 0.2) is 0 Å². The van der Waals surface area contributed by atoms with Crippen molar-refractivity contribution in [3.05, 3.63) is 35.4 Å². The highest BCUT2D eigenvalue weighted by molar-refractivity contribution is 5.85. The predicted molar refractivity (Wildman–Crippen MR) is 71.6 cm³/mol. The fourth-order valence-corrected chi connectivity index (χ4v) is 3.68. The highest BCUT2D eigenvalue weighted by Crippen LogP contribution is 2.50. The number of carbonyl (C=O) groups is 1. The lowest BCUT2D eigenvalue weighted by Crippen LogP contribution is -2.39. The third kappa shape index (κ3) is 1.65. The van der Waals surface area contributed by atoms with Gasteiger partial charge in [-0.1, -0.05) is 24.3 Å². The van der Waals surface area contributed by atoms with E-state index in [1.54, 1.807) is 7.05 Å². The van der Waals surface area contributed by atoms with Crippen LogP contribution in [0.4, 0.5) is 0 Å². The monoisotopic (exact) mass is 244 g/mol. The molecule has 2 aliphatic rings. The van der Waals surface area contributed by atoms with Gasteiger partial charge in [-0.05, 0) is 48.9 Å². The molecule has 0 radical (unpaired) electrons. The minimum Gasteiger partial charge on any atom is -0.359 e. The molecule has 1 heterocycles. The van der Waals surface area contributed by atoms with Crippen LogP contribution in [0.3, 0.4) is 0 Å². The molecule has 1 fully saturated rings. The van der Waals surface area contributed by atoms with Crippen LogP contribution in [0, 0.1) is 0 Å². The fraction of sp³-hybridized carbons (Fsp3) is 0.533. The van der Waals surface area contributed by atoms with Gasteiger partial charge in [0, 0.05) is 7.05 Å². The smallest absolute Gasteiger partial charge is 0.227 e. The molecule has 1 aromatic rings. The number of nitrogens with one attached hydrogen (secondary N) is 2. The Morgan fingerprint density at radius 3 is 2.78 bits per heavy atom. The fourth-order valence-electron chi connectivity index (χ4n) is 3.68. The van der Waals surface area contributed by atoms with Crippen LogP contribution in [-0.4, -0.2) is 26.0 Å². The Balaban J connectivity index is 2.03. The Morgan fingerprint density at radius 1 is 1.33 bits per heavy atom. The van der Waals surface area contributed by atoms with E-state index in [2.05, 4.69) is 34.9 Å². The normalized spacial score (nSPS) is 24.8.